The third-order valence-electron chi connectivity index (χ3n) is 6.44. The van der Waals surface area contributed by atoms with Gasteiger partial charge in [-0.15, -0.1) is 0 Å². The molecule has 3 heterocycles. The quantitative estimate of drug-likeness (QED) is 0.677. The van der Waals surface area contributed by atoms with Gasteiger partial charge in [0.25, 0.3) is 0 Å². The maximum Gasteiger partial charge on any atom is 0.308 e. The standard InChI is InChI=1S/C24H31N3O5/c28-19(16-32-22-9-1-8-21-20(22)7-2-10-25-21)15-26-11-3-5-17(13-26)23(29)27-12-4-6-18(14-27)24(30)31/h1-2,7-10,17-19,28H,3-6,11-16H2,(H,30,31). The van der Waals surface area contributed by atoms with E-state index in [9.17, 15) is 19.8 Å². The zero-order valence-electron chi connectivity index (χ0n) is 18.2. The van der Waals surface area contributed by atoms with E-state index in [4.69, 9.17) is 4.74 Å². The van der Waals surface area contributed by atoms with E-state index in [1.165, 1.54) is 0 Å². The Morgan fingerprint density at radius 3 is 2.75 bits per heavy atom. The largest absolute Gasteiger partial charge is 0.490 e. The van der Waals surface area contributed by atoms with Crippen LogP contribution in [0.25, 0.3) is 10.9 Å². The third-order valence-corrected chi connectivity index (χ3v) is 6.44. The lowest BCUT2D eigenvalue weighted by Crippen LogP contribution is -2.50. The van der Waals surface area contributed by atoms with Gasteiger partial charge >= 0.3 is 5.97 Å². The fourth-order valence-electron chi connectivity index (χ4n) is 4.80. The van der Waals surface area contributed by atoms with Crippen LogP contribution in [0.1, 0.15) is 25.7 Å². The molecule has 1 amide bonds. The second kappa shape index (κ2) is 10.3. The number of hydrogen-bond donors (Lipinski definition) is 2. The molecule has 4 rings (SSSR count). The fraction of sp³-hybridized carbons (Fsp3) is 0.542. The molecule has 0 saturated carbocycles. The zero-order chi connectivity index (χ0) is 22.5. The first-order valence-corrected chi connectivity index (χ1v) is 11.4. The van der Waals surface area contributed by atoms with Crippen molar-refractivity contribution in [3.8, 4) is 5.75 Å². The van der Waals surface area contributed by atoms with Gasteiger partial charge in [-0.1, -0.05) is 6.07 Å². The van der Waals surface area contributed by atoms with Crippen molar-refractivity contribution in [3.63, 3.8) is 0 Å². The number of carbonyl (C=O) groups is 2. The molecule has 3 atom stereocenters. The summed E-state index contributed by atoms with van der Waals surface area (Å²) in [5.41, 5.74) is 0.847. The van der Waals surface area contributed by atoms with Gasteiger partial charge in [0.05, 0.1) is 17.4 Å². The van der Waals surface area contributed by atoms with Crippen LogP contribution in [0.3, 0.4) is 0 Å². The number of piperidine rings is 2. The first kappa shape index (κ1) is 22.5. The molecular formula is C24H31N3O5. The van der Waals surface area contributed by atoms with Crippen LogP contribution in [0.15, 0.2) is 36.5 Å². The second-order valence-electron chi connectivity index (χ2n) is 8.85. The Morgan fingerprint density at radius 2 is 1.91 bits per heavy atom. The Kier molecular flexibility index (Phi) is 7.22. The molecule has 8 nitrogen and oxygen atoms in total. The Bertz CT molecular complexity index is 947. The number of carboxylic acid groups (broad SMARTS) is 1. The van der Waals surface area contributed by atoms with Gasteiger partial charge in [-0.2, -0.15) is 0 Å². The van der Waals surface area contributed by atoms with Crippen molar-refractivity contribution >= 4 is 22.8 Å². The summed E-state index contributed by atoms with van der Waals surface area (Å²) in [6.07, 6.45) is 4.12. The predicted molar refractivity (Wildman–Crippen MR) is 119 cm³/mol. The van der Waals surface area contributed by atoms with Crippen LogP contribution >= 0.6 is 0 Å². The Balaban J connectivity index is 1.29. The summed E-state index contributed by atoms with van der Waals surface area (Å²) in [6.45, 7) is 2.95. The van der Waals surface area contributed by atoms with Gasteiger partial charge in [0.15, 0.2) is 0 Å². The number of hydrogen-bond acceptors (Lipinski definition) is 6. The van der Waals surface area contributed by atoms with Crippen LogP contribution in [-0.4, -0.2) is 82.3 Å². The topological polar surface area (TPSA) is 103 Å². The molecule has 3 unspecified atom stereocenters. The number of carbonyl (C=O) groups excluding carboxylic acids is 1. The SMILES string of the molecule is O=C(O)C1CCCN(C(=O)C2CCCN(CC(O)COc3cccc4ncccc34)C2)C1. The van der Waals surface area contributed by atoms with Crippen LogP contribution in [-0.2, 0) is 9.59 Å². The molecule has 0 bridgehead atoms. The van der Waals surface area contributed by atoms with Crippen LogP contribution in [0, 0.1) is 11.8 Å². The summed E-state index contributed by atoms with van der Waals surface area (Å²) < 4.78 is 5.88. The molecule has 2 aliphatic rings. The lowest BCUT2D eigenvalue weighted by Gasteiger charge is -2.38. The molecule has 32 heavy (non-hydrogen) atoms. The zero-order valence-corrected chi connectivity index (χ0v) is 18.2. The highest BCUT2D eigenvalue weighted by Crippen LogP contribution is 2.25. The summed E-state index contributed by atoms with van der Waals surface area (Å²) in [5, 5.41) is 20.8. The first-order valence-electron chi connectivity index (χ1n) is 11.4. The number of likely N-dealkylation sites (tertiary alicyclic amines) is 2. The highest BCUT2D eigenvalue weighted by molar-refractivity contribution is 5.84. The second-order valence-corrected chi connectivity index (χ2v) is 8.85. The van der Waals surface area contributed by atoms with E-state index in [1.807, 2.05) is 30.3 Å². The highest BCUT2D eigenvalue weighted by atomic mass is 16.5. The van der Waals surface area contributed by atoms with Gasteiger partial charge < -0.3 is 19.8 Å². The van der Waals surface area contributed by atoms with E-state index in [2.05, 4.69) is 9.88 Å². The number of ether oxygens (including phenoxy) is 1. The lowest BCUT2D eigenvalue weighted by atomic mass is 9.93. The maximum atomic E-state index is 13.0. The fourth-order valence-corrected chi connectivity index (χ4v) is 4.80. The average molecular weight is 442 g/mol. The van der Waals surface area contributed by atoms with E-state index >= 15 is 0 Å². The summed E-state index contributed by atoms with van der Waals surface area (Å²) in [7, 11) is 0. The molecule has 2 aromatic rings. The number of aliphatic carboxylic acids is 1. The molecule has 172 valence electrons. The molecule has 2 saturated heterocycles. The van der Waals surface area contributed by atoms with Crippen LogP contribution in [0.2, 0.25) is 0 Å². The maximum absolute atomic E-state index is 13.0. The molecular weight excluding hydrogens is 410 g/mol. The summed E-state index contributed by atoms with van der Waals surface area (Å²) in [6, 6.07) is 9.48. The molecule has 1 aromatic heterocycles. The number of amides is 1. The van der Waals surface area contributed by atoms with Crippen molar-refractivity contribution in [2.24, 2.45) is 11.8 Å². The number of nitrogens with zero attached hydrogens (tertiary/aromatic N) is 3. The Labute approximate surface area is 187 Å². The van der Waals surface area contributed by atoms with Gasteiger partial charge in [0.1, 0.15) is 18.5 Å². The summed E-state index contributed by atoms with van der Waals surface area (Å²) in [5.74, 6) is -0.684. The molecule has 0 radical (unpaired) electrons. The minimum absolute atomic E-state index is 0.0506. The third kappa shape index (κ3) is 5.37. The smallest absolute Gasteiger partial charge is 0.308 e. The summed E-state index contributed by atoms with van der Waals surface area (Å²) >= 11 is 0. The number of β-amino-alcohol motifs (C(OH)–C–C–N with tert-alkyl or cyclic N) is 1. The van der Waals surface area contributed by atoms with Crippen molar-refractivity contribution in [3.05, 3.63) is 36.5 Å². The lowest BCUT2D eigenvalue weighted by molar-refractivity contribution is -0.147. The average Bonchev–Trinajstić information content (AvgIpc) is 2.82. The monoisotopic (exact) mass is 441 g/mol. The van der Waals surface area contributed by atoms with E-state index in [0.29, 0.717) is 38.3 Å². The Hall–Kier alpha value is -2.71. The van der Waals surface area contributed by atoms with Gasteiger partial charge in [-0.3, -0.25) is 19.5 Å². The van der Waals surface area contributed by atoms with Gasteiger partial charge in [0, 0.05) is 37.8 Å². The van der Waals surface area contributed by atoms with Crippen molar-refractivity contribution < 1.29 is 24.5 Å². The van der Waals surface area contributed by atoms with Crippen LogP contribution < -0.4 is 4.74 Å². The molecule has 2 fully saturated rings. The van der Waals surface area contributed by atoms with E-state index < -0.39 is 18.0 Å². The molecule has 0 spiro atoms. The van der Waals surface area contributed by atoms with Crippen molar-refractivity contribution in [1.82, 2.24) is 14.8 Å². The van der Waals surface area contributed by atoms with Gasteiger partial charge in [-0.05, 0) is 56.5 Å². The van der Waals surface area contributed by atoms with Gasteiger partial charge in [-0.25, -0.2) is 0 Å². The minimum Gasteiger partial charge on any atom is -0.490 e. The number of pyridine rings is 1. The number of aliphatic hydroxyl groups excluding tert-OH is 1. The number of aromatic nitrogens is 1. The molecule has 8 heteroatoms. The van der Waals surface area contributed by atoms with Gasteiger partial charge in [0.2, 0.25) is 5.91 Å². The molecule has 2 N–H and O–H groups in total. The minimum atomic E-state index is -0.821. The van der Waals surface area contributed by atoms with Crippen molar-refractivity contribution in [1.29, 1.82) is 0 Å². The normalized spacial score (nSPS) is 23.1. The number of rotatable bonds is 7. The van der Waals surface area contributed by atoms with E-state index in [1.54, 1.807) is 11.1 Å². The van der Waals surface area contributed by atoms with Crippen molar-refractivity contribution in [2.45, 2.75) is 31.8 Å². The van der Waals surface area contributed by atoms with E-state index in [-0.39, 0.29) is 18.4 Å². The number of benzene rings is 1. The van der Waals surface area contributed by atoms with Crippen LogP contribution in [0.4, 0.5) is 0 Å². The summed E-state index contributed by atoms with van der Waals surface area (Å²) in [4.78, 5) is 32.5. The molecule has 0 aliphatic carbocycles. The Morgan fingerprint density at radius 1 is 1.09 bits per heavy atom. The van der Waals surface area contributed by atoms with Crippen molar-refractivity contribution in [2.75, 3.05) is 39.3 Å². The molecule has 1 aromatic carbocycles. The number of aliphatic hydroxyl groups is 1. The highest BCUT2D eigenvalue weighted by Gasteiger charge is 2.34. The van der Waals surface area contributed by atoms with E-state index in [0.717, 1.165) is 36.7 Å². The van der Waals surface area contributed by atoms with Crippen LogP contribution in [0.5, 0.6) is 5.75 Å². The number of carboxylic acids is 1. The first-order chi connectivity index (χ1) is 15.5. The number of fused-ring (bicyclic) bond motifs is 1. The molecule has 2 aliphatic heterocycles. The predicted octanol–water partition coefficient (Wildman–Crippen LogP) is 2.01.